The molecule has 6 nitrogen and oxygen atoms in total. The maximum Gasteiger partial charge on any atom is 0.410 e. The van der Waals surface area contributed by atoms with Gasteiger partial charge in [-0.1, -0.05) is 30.3 Å². The molecule has 1 aromatic carbocycles. The van der Waals surface area contributed by atoms with E-state index in [2.05, 4.69) is 0 Å². The number of ether oxygens (including phenoxy) is 1. The molecule has 3 rings (SSSR count). The van der Waals surface area contributed by atoms with E-state index in [1.54, 1.807) is 22.6 Å². The van der Waals surface area contributed by atoms with Crippen LogP contribution in [0.2, 0.25) is 0 Å². The Balaban J connectivity index is 1.71. The standard InChI is InChI=1S/C21H26N2O4/c1-15(23-13-12-18(5-4-14-24)27-21(23)26)16-8-10-17(11-9-16)19-6-3-7-20(25)22(19)2/h3,6-11,15,18,24H,4-5,12-14H2,1-2H3. The van der Waals surface area contributed by atoms with Gasteiger partial charge in [-0.2, -0.15) is 0 Å². The van der Waals surface area contributed by atoms with E-state index in [4.69, 9.17) is 9.84 Å². The normalized spacial score (nSPS) is 18.3. The van der Waals surface area contributed by atoms with Gasteiger partial charge in [0.15, 0.2) is 0 Å². The van der Waals surface area contributed by atoms with Crippen molar-refractivity contribution in [2.75, 3.05) is 13.2 Å². The fourth-order valence-corrected chi connectivity index (χ4v) is 3.48. The van der Waals surface area contributed by atoms with Crippen LogP contribution in [0.15, 0.2) is 47.3 Å². The van der Waals surface area contributed by atoms with Crippen LogP contribution >= 0.6 is 0 Å². The average molecular weight is 370 g/mol. The molecule has 1 fully saturated rings. The van der Waals surface area contributed by atoms with E-state index < -0.39 is 0 Å². The Hall–Kier alpha value is -2.60. The number of hydrogen-bond donors (Lipinski definition) is 1. The van der Waals surface area contributed by atoms with E-state index in [0.717, 1.165) is 23.2 Å². The third-order valence-corrected chi connectivity index (χ3v) is 5.22. The van der Waals surface area contributed by atoms with E-state index in [0.29, 0.717) is 19.4 Å². The number of aliphatic hydroxyl groups excluding tert-OH is 1. The number of carbonyl (C=O) groups is 1. The highest BCUT2D eigenvalue weighted by Crippen LogP contribution is 2.28. The molecule has 27 heavy (non-hydrogen) atoms. The molecule has 2 unspecified atom stereocenters. The Morgan fingerprint density at radius 2 is 1.93 bits per heavy atom. The lowest BCUT2D eigenvalue weighted by Gasteiger charge is -2.35. The SMILES string of the molecule is CC(c1ccc(-c2cccc(=O)n2C)cc1)N1CCC(CCCO)OC1=O. The summed E-state index contributed by atoms with van der Waals surface area (Å²) in [6, 6.07) is 13.0. The minimum Gasteiger partial charge on any atom is -0.446 e. The zero-order valence-electron chi connectivity index (χ0n) is 15.8. The second-order valence-corrected chi connectivity index (χ2v) is 6.96. The van der Waals surface area contributed by atoms with Crippen molar-refractivity contribution in [3.05, 3.63) is 58.4 Å². The van der Waals surface area contributed by atoms with Crippen molar-refractivity contribution in [3.8, 4) is 11.3 Å². The molecule has 1 saturated heterocycles. The maximum absolute atomic E-state index is 12.4. The number of rotatable bonds is 6. The topological polar surface area (TPSA) is 71.8 Å². The van der Waals surface area contributed by atoms with E-state index in [-0.39, 0.29) is 30.4 Å². The molecule has 0 aliphatic carbocycles. The molecular weight excluding hydrogens is 344 g/mol. The second kappa shape index (κ2) is 8.39. The van der Waals surface area contributed by atoms with Crippen molar-refractivity contribution < 1.29 is 14.6 Å². The molecule has 1 aliphatic heterocycles. The molecule has 1 aliphatic rings. The number of aliphatic hydroxyl groups is 1. The Morgan fingerprint density at radius 3 is 2.59 bits per heavy atom. The van der Waals surface area contributed by atoms with Gasteiger partial charge in [-0.3, -0.25) is 4.79 Å². The highest BCUT2D eigenvalue weighted by Gasteiger charge is 2.30. The lowest BCUT2D eigenvalue weighted by Crippen LogP contribution is -2.43. The zero-order valence-corrected chi connectivity index (χ0v) is 15.8. The summed E-state index contributed by atoms with van der Waals surface area (Å²) in [5.41, 5.74) is 2.78. The van der Waals surface area contributed by atoms with E-state index in [1.807, 2.05) is 37.3 Å². The van der Waals surface area contributed by atoms with Crippen LogP contribution in [0.4, 0.5) is 4.79 Å². The first-order valence-corrected chi connectivity index (χ1v) is 9.35. The fraction of sp³-hybridized carbons (Fsp3) is 0.429. The van der Waals surface area contributed by atoms with Gasteiger partial charge in [0.25, 0.3) is 5.56 Å². The van der Waals surface area contributed by atoms with Gasteiger partial charge in [-0.05, 0) is 37.0 Å². The van der Waals surface area contributed by atoms with E-state index in [9.17, 15) is 9.59 Å². The highest BCUT2D eigenvalue weighted by molar-refractivity contribution is 5.69. The minimum atomic E-state index is -0.300. The number of carbonyl (C=O) groups excluding carboxylic acids is 1. The molecule has 0 spiro atoms. The first kappa shape index (κ1) is 19.2. The largest absolute Gasteiger partial charge is 0.446 e. The monoisotopic (exact) mass is 370 g/mol. The summed E-state index contributed by atoms with van der Waals surface area (Å²) in [6.07, 6.45) is 1.73. The van der Waals surface area contributed by atoms with E-state index >= 15 is 0 Å². The van der Waals surface area contributed by atoms with Gasteiger partial charge in [0.2, 0.25) is 0 Å². The second-order valence-electron chi connectivity index (χ2n) is 6.96. The molecule has 0 saturated carbocycles. The van der Waals surface area contributed by atoms with Crippen LogP contribution in [0, 0.1) is 0 Å². The van der Waals surface area contributed by atoms with Crippen LogP contribution in [-0.2, 0) is 11.8 Å². The molecule has 1 amide bonds. The van der Waals surface area contributed by atoms with Gasteiger partial charge in [-0.25, -0.2) is 4.79 Å². The van der Waals surface area contributed by atoms with Crippen LogP contribution in [0.1, 0.15) is 37.8 Å². The first-order valence-electron chi connectivity index (χ1n) is 9.35. The third-order valence-electron chi connectivity index (χ3n) is 5.22. The lowest BCUT2D eigenvalue weighted by atomic mass is 10.0. The highest BCUT2D eigenvalue weighted by atomic mass is 16.6. The van der Waals surface area contributed by atoms with Crippen LogP contribution in [-0.4, -0.2) is 39.9 Å². The predicted octanol–water partition coefficient (Wildman–Crippen LogP) is 3.10. The molecule has 2 aromatic rings. The Labute approximate surface area is 159 Å². The summed E-state index contributed by atoms with van der Waals surface area (Å²) in [6.45, 7) is 2.75. The molecule has 144 valence electrons. The number of amides is 1. The third kappa shape index (κ3) is 4.22. The van der Waals surface area contributed by atoms with Gasteiger partial charge < -0.3 is 19.3 Å². The summed E-state index contributed by atoms with van der Waals surface area (Å²) >= 11 is 0. The van der Waals surface area contributed by atoms with Crippen LogP contribution in [0.5, 0.6) is 0 Å². The van der Waals surface area contributed by atoms with Gasteiger partial charge >= 0.3 is 6.09 Å². The average Bonchev–Trinajstić information content (AvgIpc) is 2.68. The zero-order chi connectivity index (χ0) is 19.4. The summed E-state index contributed by atoms with van der Waals surface area (Å²) in [5.74, 6) is 0. The van der Waals surface area contributed by atoms with Crippen LogP contribution < -0.4 is 5.56 Å². The van der Waals surface area contributed by atoms with Crippen LogP contribution in [0.3, 0.4) is 0 Å². The van der Waals surface area contributed by atoms with Crippen LogP contribution in [0.25, 0.3) is 11.3 Å². The summed E-state index contributed by atoms with van der Waals surface area (Å²) in [7, 11) is 1.76. The Morgan fingerprint density at radius 1 is 1.19 bits per heavy atom. The van der Waals surface area contributed by atoms with Crippen molar-refractivity contribution in [3.63, 3.8) is 0 Å². The van der Waals surface area contributed by atoms with Crippen molar-refractivity contribution in [2.45, 2.75) is 38.3 Å². The van der Waals surface area contributed by atoms with Crippen molar-refractivity contribution in [1.29, 1.82) is 0 Å². The van der Waals surface area contributed by atoms with Gasteiger partial charge in [-0.15, -0.1) is 0 Å². The van der Waals surface area contributed by atoms with Crippen molar-refractivity contribution >= 4 is 6.09 Å². The van der Waals surface area contributed by atoms with Gasteiger partial charge in [0.1, 0.15) is 6.10 Å². The van der Waals surface area contributed by atoms with Crippen molar-refractivity contribution in [2.24, 2.45) is 7.05 Å². The molecular formula is C21H26N2O4. The number of hydrogen-bond acceptors (Lipinski definition) is 4. The number of benzene rings is 1. The summed E-state index contributed by atoms with van der Waals surface area (Å²) < 4.78 is 7.12. The summed E-state index contributed by atoms with van der Waals surface area (Å²) in [4.78, 5) is 25.9. The smallest absolute Gasteiger partial charge is 0.410 e. The number of nitrogens with zero attached hydrogens (tertiary/aromatic N) is 2. The quantitative estimate of drug-likeness (QED) is 0.848. The molecule has 1 N–H and O–H groups in total. The van der Waals surface area contributed by atoms with Crippen molar-refractivity contribution in [1.82, 2.24) is 9.47 Å². The maximum atomic E-state index is 12.4. The lowest BCUT2D eigenvalue weighted by molar-refractivity contribution is 0.00760. The molecule has 0 bridgehead atoms. The van der Waals surface area contributed by atoms with Gasteiger partial charge in [0, 0.05) is 32.7 Å². The minimum absolute atomic E-state index is 0.0447. The van der Waals surface area contributed by atoms with Gasteiger partial charge in [0.05, 0.1) is 11.7 Å². The Kier molecular flexibility index (Phi) is 5.96. The molecule has 2 heterocycles. The molecule has 2 atom stereocenters. The fourth-order valence-electron chi connectivity index (χ4n) is 3.48. The molecule has 0 radical (unpaired) electrons. The first-order chi connectivity index (χ1) is 13.0. The number of aromatic nitrogens is 1. The predicted molar refractivity (Wildman–Crippen MR) is 103 cm³/mol. The molecule has 6 heteroatoms. The number of pyridine rings is 1. The molecule has 1 aromatic heterocycles. The van der Waals surface area contributed by atoms with E-state index in [1.165, 1.54) is 6.07 Å². The Bertz CT molecular complexity index is 844. The summed E-state index contributed by atoms with van der Waals surface area (Å²) in [5, 5.41) is 8.92. The number of cyclic esters (lactones) is 1.